The summed E-state index contributed by atoms with van der Waals surface area (Å²) in [5, 5.41) is -0.575. The van der Waals surface area contributed by atoms with Crippen LogP contribution in [0.4, 0.5) is 13.2 Å². The molecule has 1 aliphatic rings. The van der Waals surface area contributed by atoms with Crippen molar-refractivity contribution in [1.82, 2.24) is 0 Å². The maximum atomic E-state index is 15.2. The molecule has 3 aromatic rings. The van der Waals surface area contributed by atoms with Gasteiger partial charge >= 0.3 is 0 Å². The van der Waals surface area contributed by atoms with Crippen molar-refractivity contribution in [3.8, 4) is 22.3 Å². The third-order valence-electron chi connectivity index (χ3n) is 5.18. The Bertz CT molecular complexity index is 1020. The lowest BCUT2D eigenvalue weighted by atomic mass is 9.82. The van der Waals surface area contributed by atoms with Gasteiger partial charge in [-0.15, -0.1) is 0 Å². The molecule has 0 fully saturated rings. The maximum Gasteiger partial charge on any atom is 0.145 e. The van der Waals surface area contributed by atoms with Gasteiger partial charge in [0.2, 0.25) is 0 Å². The zero-order valence-electron chi connectivity index (χ0n) is 14.9. The van der Waals surface area contributed by atoms with E-state index in [1.165, 1.54) is 11.1 Å². The fourth-order valence-electron chi connectivity index (χ4n) is 3.87. The average Bonchev–Trinajstić information content (AvgIpc) is 2.66. The fourth-order valence-corrected chi connectivity index (χ4v) is 3.98. The van der Waals surface area contributed by atoms with E-state index in [0.29, 0.717) is 12.0 Å². The highest BCUT2D eigenvalue weighted by Crippen LogP contribution is 2.39. The number of rotatable bonds is 3. The van der Waals surface area contributed by atoms with Gasteiger partial charge in [-0.3, -0.25) is 0 Å². The van der Waals surface area contributed by atoms with Crippen LogP contribution in [0, 0.1) is 17.5 Å². The highest BCUT2D eigenvalue weighted by atomic mass is 35.5. The molecule has 4 heteroatoms. The molecule has 0 atom stereocenters. The molecule has 0 N–H and O–H groups in total. The van der Waals surface area contributed by atoms with Crippen molar-refractivity contribution in [3.05, 3.63) is 81.6 Å². The molecule has 138 valence electrons. The summed E-state index contributed by atoms with van der Waals surface area (Å²) in [6.07, 6.45) is 3.43. The number of fused-ring (bicyclic) bond motifs is 3. The predicted molar refractivity (Wildman–Crippen MR) is 104 cm³/mol. The number of aryl methyl sites for hydroxylation is 2. The normalized spacial score (nSPS) is 12.6. The number of benzene rings is 3. The molecular formula is C23H18ClF3. The summed E-state index contributed by atoms with van der Waals surface area (Å²) in [5.74, 6) is -2.20. The minimum Gasteiger partial charge on any atom is -0.206 e. The molecule has 0 unspecified atom stereocenters. The van der Waals surface area contributed by atoms with Crippen LogP contribution in [0.3, 0.4) is 0 Å². The van der Waals surface area contributed by atoms with E-state index < -0.39 is 22.5 Å². The molecule has 1 aliphatic carbocycles. The Hall–Kier alpha value is -2.26. The largest absolute Gasteiger partial charge is 0.206 e. The Morgan fingerprint density at radius 1 is 0.852 bits per heavy atom. The van der Waals surface area contributed by atoms with Gasteiger partial charge in [-0.1, -0.05) is 55.3 Å². The molecule has 0 nitrogen and oxygen atoms in total. The van der Waals surface area contributed by atoms with Crippen molar-refractivity contribution < 1.29 is 13.2 Å². The molecule has 27 heavy (non-hydrogen) atoms. The summed E-state index contributed by atoms with van der Waals surface area (Å²) in [5.41, 5.74) is 5.35. The van der Waals surface area contributed by atoms with Crippen LogP contribution in [0.1, 0.15) is 30.0 Å². The predicted octanol–water partition coefficient (Wildman–Crippen LogP) is 7.14. The van der Waals surface area contributed by atoms with Crippen molar-refractivity contribution in [2.45, 2.75) is 32.6 Å². The van der Waals surface area contributed by atoms with E-state index in [1.807, 2.05) is 6.07 Å². The number of hydrogen-bond donors (Lipinski definition) is 0. The Labute approximate surface area is 161 Å². The topological polar surface area (TPSA) is 0 Å². The minimum absolute atomic E-state index is 0.152. The van der Waals surface area contributed by atoms with Crippen LogP contribution in [0.2, 0.25) is 5.02 Å². The zero-order chi connectivity index (χ0) is 19.1. The zero-order valence-corrected chi connectivity index (χ0v) is 15.6. The quantitative estimate of drug-likeness (QED) is 0.419. The molecule has 0 aliphatic heterocycles. The van der Waals surface area contributed by atoms with Gasteiger partial charge in [0.05, 0.1) is 0 Å². The summed E-state index contributed by atoms with van der Waals surface area (Å²) >= 11 is 5.54. The van der Waals surface area contributed by atoms with Crippen LogP contribution >= 0.6 is 11.6 Å². The molecular weight excluding hydrogens is 369 g/mol. The molecule has 0 amide bonds. The second-order valence-electron chi connectivity index (χ2n) is 6.95. The highest BCUT2D eigenvalue weighted by molar-refractivity contribution is 6.31. The van der Waals surface area contributed by atoms with Crippen LogP contribution in [0.15, 0.2) is 42.5 Å². The van der Waals surface area contributed by atoms with Crippen LogP contribution in [-0.2, 0) is 19.3 Å². The summed E-state index contributed by atoms with van der Waals surface area (Å²) in [6, 6.07) is 11.9. The standard InChI is InChI=1S/C23H18ClF3/c1-2-3-13-4-6-16-14(10-13)5-7-19-18(16)9-8-17(23(19)27)15-11-20(25)22(24)21(26)12-15/h4,6,8-12H,2-3,5,7H2,1H3. The van der Waals surface area contributed by atoms with Crippen molar-refractivity contribution in [3.63, 3.8) is 0 Å². The average molecular weight is 387 g/mol. The van der Waals surface area contributed by atoms with Crippen LogP contribution in [-0.4, -0.2) is 0 Å². The number of halogens is 4. The van der Waals surface area contributed by atoms with Gasteiger partial charge in [-0.25, -0.2) is 13.2 Å². The smallest absolute Gasteiger partial charge is 0.145 e. The molecule has 0 saturated heterocycles. The Balaban J connectivity index is 1.81. The van der Waals surface area contributed by atoms with E-state index in [2.05, 4.69) is 25.1 Å². The monoisotopic (exact) mass is 386 g/mol. The second kappa shape index (κ2) is 7.05. The first-order valence-corrected chi connectivity index (χ1v) is 9.46. The lowest BCUT2D eigenvalue weighted by Gasteiger charge is -2.22. The van der Waals surface area contributed by atoms with E-state index in [0.717, 1.165) is 42.5 Å². The van der Waals surface area contributed by atoms with E-state index >= 15 is 4.39 Å². The van der Waals surface area contributed by atoms with E-state index in [-0.39, 0.29) is 11.1 Å². The van der Waals surface area contributed by atoms with Gasteiger partial charge in [-0.2, -0.15) is 0 Å². The molecule has 0 radical (unpaired) electrons. The van der Waals surface area contributed by atoms with Crippen molar-refractivity contribution in [2.24, 2.45) is 0 Å². The van der Waals surface area contributed by atoms with E-state index in [1.54, 1.807) is 6.07 Å². The summed E-state index contributed by atoms with van der Waals surface area (Å²) in [4.78, 5) is 0. The van der Waals surface area contributed by atoms with Crippen LogP contribution in [0.25, 0.3) is 22.3 Å². The highest BCUT2D eigenvalue weighted by Gasteiger charge is 2.22. The molecule has 0 saturated carbocycles. The molecule has 0 bridgehead atoms. The summed E-state index contributed by atoms with van der Waals surface area (Å²) in [6.45, 7) is 2.15. The van der Waals surface area contributed by atoms with Crippen molar-refractivity contribution >= 4 is 11.6 Å². The first kappa shape index (κ1) is 18.1. The SMILES string of the molecule is CCCc1ccc2c(c1)CCc1c-2ccc(-c2cc(F)c(Cl)c(F)c2)c1F. The molecule has 4 rings (SSSR count). The Morgan fingerprint density at radius 3 is 2.22 bits per heavy atom. The molecule has 0 aromatic heterocycles. The maximum absolute atomic E-state index is 15.2. The Morgan fingerprint density at radius 2 is 1.52 bits per heavy atom. The Kier molecular flexibility index (Phi) is 4.73. The summed E-state index contributed by atoms with van der Waals surface area (Å²) in [7, 11) is 0. The molecule has 0 heterocycles. The van der Waals surface area contributed by atoms with Gasteiger partial charge in [0.15, 0.2) is 0 Å². The minimum atomic E-state index is -0.891. The van der Waals surface area contributed by atoms with Crippen molar-refractivity contribution in [2.75, 3.05) is 0 Å². The number of hydrogen-bond acceptors (Lipinski definition) is 0. The fraction of sp³-hybridized carbons (Fsp3) is 0.217. The summed E-state index contributed by atoms with van der Waals surface area (Å²) < 4.78 is 42.8. The lowest BCUT2D eigenvalue weighted by molar-refractivity contribution is 0.583. The second-order valence-corrected chi connectivity index (χ2v) is 7.33. The van der Waals surface area contributed by atoms with Gasteiger partial charge in [0.1, 0.15) is 22.5 Å². The molecule has 3 aromatic carbocycles. The van der Waals surface area contributed by atoms with Crippen molar-refractivity contribution in [1.29, 1.82) is 0 Å². The molecule has 0 spiro atoms. The van der Waals surface area contributed by atoms with Gasteiger partial charge in [-0.05, 0) is 64.8 Å². The van der Waals surface area contributed by atoms with Gasteiger partial charge in [0, 0.05) is 5.56 Å². The first-order chi connectivity index (χ1) is 13.0. The van der Waals surface area contributed by atoms with Crippen LogP contribution < -0.4 is 0 Å². The third kappa shape index (κ3) is 3.14. The van der Waals surface area contributed by atoms with Gasteiger partial charge < -0.3 is 0 Å². The van der Waals surface area contributed by atoms with E-state index in [9.17, 15) is 8.78 Å². The lowest BCUT2D eigenvalue weighted by Crippen LogP contribution is -2.08. The van der Waals surface area contributed by atoms with Gasteiger partial charge in [0.25, 0.3) is 0 Å². The van der Waals surface area contributed by atoms with Crippen LogP contribution in [0.5, 0.6) is 0 Å². The third-order valence-corrected chi connectivity index (χ3v) is 5.54. The first-order valence-electron chi connectivity index (χ1n) is 9.08. The van der Waals surface area contributed by atoms with E-state index in [4.69, 9.17) is 11.6 Å².